The lowest BCUT2D eigenvalue weighted by molar-refractivity contribution is 0.0730. The van der Waals surface area contributed by atoms with Crippen LogP contribution in [0.1, 0.15) is 21.5 Å². The molecule has 0 saturated heterocycles. The Kier molecular flexibility index (Phi) is 4.08. The van der Waals surface area contributed by atoms with Crippen LogP contribution in [0.25, 0.3) is 11.0 Å². The fourth-order valence-corrected chi connectivity index (χ4v) is 2.52. The van der Waals surface area contributed by atoms with Gasteiger partial charge in [-0.05, 0) is 61.4 Å². The SMILES string of the molecule is COc1ccc2oc(=O)c(C(=O)Oc3cc(C)cc(C)c3)cc2c1. The predicted molar refractivity (Wildman–Crippen MR) is 89.9 cm³/mol. The number of rotatable bonds is 3. The lowest BCUT2D eigenvalue weighted by Gasteiger charge is -2.07. The zero-order valence-electron chi connectivity index (χ0n) is 13.6. The van der Waals surface area contributed by atoms with Crippen molar-refractivity contribution in [3.8, 4) is 11.5 Å². The lowest BCUT2D eigenvalue weighted by Crippen LogP contribution is -2.18. The molecule has 0 radical (unpaired) electrons. The molecule has 0 fully saturated rings. The Balaban J connectivity index is 1.99. The maximum absolute atomic E-state index is 12.3. The summed E-state index contributed by atoms with van der Waals surface area (Å²) in [5.41, 5.74) is 1.42. The molecule has 2 aromatic carbocycles. The van der Waals surface area contributed by atoms with E-state index in [1.54, 1.807) is 30.3 Å². The van der Waals surface area contributed by atoms with Crippen molar-refractivity contribution in [2.45, 2.75) is 13.8 Å². The number of aryl methyl sites for hydroxylation is 2. The fraction of sp³-hybridized carbons (Fsp3) is 0.158. The Labute approximate surface area is 138 Å². The summed E-state index contributed by atoms with van der Waals surface area (Å²) in [5.74, 6) is 0.242. The molecule has 122 valence electrons. The number of carbonyl (C=O) groups is 1. The third-order valence-electron chi connectivity index (χ3n) is 3.57. The molecule has 0 aliphatic carbocycles. The normalized spacial score (nSPS) is 10.6. The van der Waals surface area contributed by atoms with Gasteiger partial charge in [0, 0.05) is 5.39 Å². The smallest absolute Gasteiger partial charge is 0.351 e. The van der Waals surface area contributed by atoms with Gasteiger partial charge in [-0.3, -0.25) is 0 Å². The number of methoxy groups -OCH3 is 1. The minimum absolute atomic E-state index is 0.157. The van der Waals surface area contributed by atoms with Crippen molar-refractivity contribution in [1.82, 2.24) is 0 Å². The van der Waals surface area contributed by atoms with Crippen LogP contribution in [0.2, 0.25) is 0 Å². The summed E-state index contributed by atoms with van der Waals surface area (Å²) in [5, 5.41) is 0.585. The molecular formula is C19H16O5. The second kappa shape index (κ2) is 6.20. The summed E-state index contributed by atoms with van der Waals surface area (Å²) in [6.45, 7) is 3.81. The first kappa shape index (κ1) is 15.8. The van der Waals surface area contributed by atoms with Crippen molar-refractivity contribution in [3.05, 3.63) is 69.6 Å². The molecule has 5 heteroatoms. The van der Waals surface area contributed by atoms with Crippen LogP contribution < -0.4 is 15.1 Å². The van der Waals surface area contributed by atoms with Crippen LogP contribution in [-0.2, 0) is 0 Å². The fourth-order valence-electron chi connectivity index (χ4n) is 2.52. The second-order valence-electron chi connectivity index (χ2n) is 5.56. The van der Waals surface area contributed by atoms with Crippen LogP contribution >= 0.6 is 0 Å². The Bertz CT molecular complexity index is 964. The van der Waals surface area contributed by atoms with Gasteiger partial charge in [0.1, 0.15) is 22.6 Å². The molecule has 0 amide bonds. The van der Waals surface area contributed by atoms with Crippen LogP contribution in [0.4, 0.5) is 0 Å². The minimum Gasteiger partial charge on any atom is -0.497 e. The highest BCUT2D eigenvalue weighted by atomic mass is 16.5. The molecular weight excluding hydrogens is 308 g/mol. The molecule has 1 aromatic heterocycles. The summed E-state index contributed by atoms with van der Waals surface area (Å²) in [6.07, 6.45) is 0. The molecule has 0 aliphatic heterocycles. The van der Waals surface area contributed by atoms with Gasteiger partial charge in [-0.2, -0.15) is 0 Å². The Morgan fingerprint density at radius 2 is 1.67 bits per heavy atom. The molecule has 0 N–H and O–H groups in total. The lowest BCUT2D eigenvalue weighted by atomic mass is 10.1. The van der Waals surface area contributed by atoms with Gasteiger partial charge in [0.25, 0.3) is 0 Å². The van der Waals surface area contributed by atoms with E-state index < -0.39 is 11.6 Å². The topological polar surface area (TPSA) is 65.7 Å². The zero-order valence-corrected chi connectivity index (χ0v) is 13.6. The molecule has 0 aliphatic rings. The Hall–Kier alpha value is -3.08. The van der Waals surface area contributed by atoms with Crippen LogP contribution in [-0.4, -0.2) is 13.1 Å². The minimum atomic E-state index is -0.751. The van der Waals surface area contributed by atoms with Gasteiger partial charge in [0.2, 0.25) is 0 Å². The third-order valence-corrected chi connectivity index (χ3v) is 3.57. The molecule has 0 atom stereocenters. The summed E-state index contributed by atoms with van der Waals surface area (Å²) >= 11 is 0. The van der Waals surface area contributed by atoms with Crippen molar-refractivity contribution in [2.24, 2.45) is 0 Å². The molecule has 5 nitrogen and oxygen atoms in total. The van der Waals surface area contributed by atoms with Gasteiger partial charge in [-0.15, -0.1) is 0 Å². The largest absolute Gasteiger partial charge is 0.497 e. The van der Waals surface area contributed by atoms with Crippen molar-refractivity contribution in [1.29, 1.82) is 0 Å². The molecule has 3 aromatic rings. The van der Waals surface area contributed by atoms with E-state index in [1.165, 1.54) is 13.2 Å². The van der Waals surface area contributed by atoms with Crippen LogP contribution in [0.15, 0.2) is 51.7 Å². The van der Waals surface area contributed by atoms with Gasteiger partial charge in [-0.25, -0.2) is 9.59 Å². The molecule has 0 saturated carbocycles. The predicted octanol–water partition coefficient (Wildman–Crippen LogP) is 3.64. The van der Waals surface area contributed by atoms with E-state index in [0.29, 0.717) is 22.5 Å². The average molecular weight is 324 g/mol. The number of hydrogen-bond donors (Lipinski definition) is 0. The third kappa shape index (κ3) is 3.15. The summed E-state index contributed by atoms with van der Waals surface area (Å²) in [6, 6.07) is 11.9. The van der Waals surface area contributed by atoms with Gasteiger partial charge in [-0.1, -0.05) is 6.07 Å². The summed E-state index contributed by atoms with van der Waals surface area (Å²) in [4.78, 5) is 24.4. The number of fused-ring (bicyclic) bond motifs is 1. The van der Waals surface area contributed by atoms with Gasteiger partial charge >= 0.3 is 11.6 Å². The number of esters is 1. The quantitative estimate of drug-likeness (QED) is 0.418. The molecule has 3 rings (SSSR count). The average Bonchev–Trinajstić information content (AvgIpc) is 2.52. The molecule has 1 heterocycles. The highest BCUT2D eigenvalue weighted by molar-refractivity contribution is 5.94. The van der Waals surface area contributed by atoms with E-state index >= 15 is 0 Å². The first-order chi connectivity index (χ1) is 11.5. The standard InChI is InChI=1S/C19H16O5/c1-11-6-12(2)8-15(7-11)23-18(20)16-10-13-9-14(22-3)4-5-17(13)24-19(16)21/h4-10H,1-3H3. The van der Waals surface area contributed by atoms with Gasteiger partial charge < -0.3 is 13.9 Å². The van der Waals surface area contributed by atoms with Crippen LogP contribution in [0, 0.1) is 13.8 Å². The highest BCUT2D eigenvalue weighted by Crippen LogP contribution is 2.21. The number of benzene rings is 2. The highest BCUT2D eigenvalue weighted by Gasteiger charge is 2.16. The van der Waals surface area contributed by atoms with Crippen molar-refractivity contribution < 1.29 is 18.7 Å². The van der Waals surface area contributed by atoms with Crippen molar-refractivity contribution in [2.75, 3.05) is 7.11 Å². The zero-order chi connectivity index (χ0) is 17.3. The van der Waals surface area contributed by atoms with E-state index in [0.717, 1.165) is 11.1 Å². The maximum Gasteiger partial charge on any atom is 0.351 e. The van der Waals surface area contributed by atoms with E-state index in [4.69, 9.17) is 13.9 Å². The monoisotopic (exact) mass is 324 g/mol. The Morgan fingerprint density at radius 1 is 0.958 bits per heavy atom. The molecule has 0 unspecified atom stereocenters. The Morgan fingerprint density at radius 3 is 2.33 bits per heavy atom. The summed E-state index contributed by atoms with van der Waals surface area (Å²) < 4.78 is 15.6. The van der Waals surface area contributed by atoms with Crippen molar-refractivity contribution >= 4 is 16.9 Å². The molecule has 24 heavy (non-hydrogen) atoms. The number of hydrogen-bond acceptors (Lipinski definition) is 5. The van der Waals surface area contributed by atoms with E-state index in [2.05, 4.69) is 0 Å². The van der Waals surface area contributed by atoms with E-state index in [1.807, 2.05) is 19.9 Å². The van der Waals surface area contributed by atoms with Gasteiger partial charge in [0.05, 0.1) is 7.11 Å². The first-order valence-electron chi connectivity index (χ1n) is 7.38. The summed E-state index contributed by atoms with van der Waals surface area (Å²) in [7, 11) is 1.54. The maximum atomic E-state index is 12.3. The molecule has 0 bridgehead atoms. The number of ether oxygens (including phenoxy) is 2. The van der Waals surface area contributed by atoms with E-state index in [-0.39, 0.29) is 5.56 Å². The van der Waals surface area contributed by atoms with E-state index in [9.17, 15) is 9.59 Å². The molecule has 0 spiro atoms. The van der Waals surface area contributed by atoms with Gasteiger partial charge in [0.15, 0.2) is 0 Å². The van der Waals surface area contributed by atoms with Crippen molar-refractivity contribution in [3.63, 3.8) is 0 Å². The van der Waals surface area contributed by atoms with Crippen LogP contribution in [0.5, 0.6) is 11.5 Å². The second-order valence-corrected chi connectivity index (χ2v) is 5.56. The van der Waals surface area contributed by atoms with Crippen LogP contribution in [0.3, 0.4) is 0 Å². The number of carbonyl (C=O) groups excluding carboxylic acids is 1. The first-order valence-corrected chi connectivity index (χ1v) is 7.38.